The molecule has 0 aromatic heterocycles. The minimum atomic E-state index is -0.747. The molecule has 1 aliphatic heterocycles. The Morgan fingerprint density at radius 2 is 1.74 bits per heavy atom. The molecule has 27 heavy (non-hydrogen) atoms. The first kappa shape index (κ1) is 19.3. The van der Waals surface area contributed by atoms with Gasteiger partial charge in [-0.15, -0.1) is 0 Å². The molecule has 5 nitrogen and oxygen atoms in total. The van der Waals surface area contributed by atoms with Gasteiger partial charge in [-0.3, -0.25) is 14.5 Å². The van der Waals surface area contributed by atoms with Crippen LogP contribution in [0.25, 0.3) is 0 Å². The first-order chi connectivity index (χ1) is 12.9. The zero-order valence-corrected chi connectivity index (χ0v) is 15.2. The second kappa shape index (κ2) is 8.45. The Balaban J connectivity index is 1.53. The number of benzene rings is 2. The number of piperazine rings is 1. The molecule has 142 valence electrons. The van der Waals surface area contributed by atoms with Crippen LogP contribution in [0.3, 0.4) is 0 Å². The van der Waals surface area contributed by atoms with E-state index in [9.17, 15) is 18.4 Å². The Morgan fingerprint density at radius 1 is 1.04 bits per heavy atom. The van der Waals surface area contributed by atoms with Gasteiger partial charge in [-0.2, -0.15) is 0 Å². The first-order valence-electron chi connectivity index (χ1n) is 8.45. The molecule has 1 N–H and O–H groups in total. The molecule has 1 saturated heterocycles. The van der Waals surface area contributed by atoms with Gasteiger partial charge in [0.25, 0.3) is 5.91 Å². The molecule has 0 saturated carbocycles. The number of amides is 2. The number of para-hydroxylation sites is 1. The minimum Gasteiger partial charge on any atom is -0.336 e. The molecule has 2 amide bonds. The van der Waals surface area contributed by atoms with E-state index in [0.29, 0.717) is 36.9 Å². The highest BCUT2D eigenvalue weighted by atomic mass is 35.5. The SMILES string of the molecule is O=C(CN1CCN(C(=O)c2cc(F)ccc2F)CC1)Nc1ccccc1Cl. The lowest BCUT2D eigenvalue weighted by molar-refractivity contribution is -0.117. The maximum absolute atomic E-state index is 13.8. The van der Waals surface area contributed by atoms with Crippen LogP contribution >= 0.6 is 11.6 Å². The predicted octanol–water partition coefficient (Wildman–Crippen LogP) is 3.01. The molecule has 0 spiro atoms. The molecule has 3 rings (SSSR count). The van der Waals surface area contributed by atoms with Crippen LogP contribution in [-0.2, 0) is 4.79 Å². The lowest BCUT2D eigenvalue weighted by Crippen LogP contribution is -2.50. The van der Waals surface area contributed by atoms with Gasteiger partial charge in [0, 0.05) is 26.2 Å². The number of halogens is 3. The molecule has 0 atom stereocenters. The smallest absolute Gasteiger partial charge is 0.257 e. The fourth-order valence-corrected chi connectivity index (χ4v) is 3.08. The molecule has 1 fully saturated rings. The fraction of sp³-hybridized carbons (Fsp3) is 0.263. The number of carbonyl (C=O) groups is 2. The van der Waals surface area contributed by atoms with Gasteiger partial charge in [-0.05, 0) is 30.3 Å². The summed E-state index contributed by atoms with van der Waals surface area (Å²) >= 11 is 6.02. The molecule has 0 radical (unpaired) electrons. The summed E-state index contributed by atoms with van der Waals surface area (Å²) < 4.78 is 27.1. The molecule has 0 aliphatic carbocycles. The zero-order valence-electron chi connectivity index (χ0n) is 14.4. The maximum Gasteiger partial charge on any atom is 0.257 e. The molecule has 1 heterocycles. The molecule has 2 aromatic rings. The van der Waals surface area contributed by atoms with Crippen molar-refractivity contribution in [3.8, 4) is 0 Å². The third-order valence-corrected chi connectivity index (χ3v) is 4.66. The van der Waals surface area contributed by atoms with Crippen LogP contribution in [0.1, 0.15) is 10.4 Å². The lowest BCUT2D eigenvalue weighted by Gasteiger charge is -2.34. The number of hydrogen-bond donors (Lipinski definition) is 1. The van der Waals surface area contributed by atoms with E-state index in [1.807, 2.05) is 4.90 Å². The third-order valence-electron chi connectivity index (χ3n) is 4.33. The Labute approximate surface area is 160 Å². The van der Waals surface area contributed by atoms with Crippen molar-refractivity contribution in [3.63, 3.8) is 0 Å². The molecule has 0 unspecified atom stereocenters. The monoisotopic (exact) mass is 393 g/mol. The predicted molar refractivity (Wildman–Crippen MR) is 98.8 cm³/mol. The van der Waals surface area contributed by atoms with Crippen LogP contribution in [0.5, 0.6) is 0 Å². The summed E-state index contributed by atoms with van der Waals surface area (Å²) in [5, 5.41) is 3.20. The van der Waals surface area contributed by atoms with Crippen LogP contribution in [0, 0.1) is 11.6 Å². The van der Waals surface area contributed by atoms with Crippen molar-refractivity contribution < 1.29 is 18.4 Å². The van der Waals surface area contributed by atoms with Gasteiger partial charge in [0.15, 0.2) is 0 Å². The average molecular weight is 394 g/mol. The lowest BCUT2D eigenvalue weighted by atomic mass is 10.1. The number of anilines is 1. The molecule has 8 heteroatoms. The number of rotatable bonds is 4. The second-order valence-electron chi connectivity index (χ2n) is 6.22. The van der Waals surface area contributed by atoms with Gasteiger partial charge >= 0.3 is 0 Å². The molecular formula is C19H18ClF2N3O2. The van der Waals surface area contributed by atoms with E-state index >= 15 is 0 Å². The van der Waals surface area contributed by atoms with Gasteiger partial charge in [0.2, 0.25) is 5.91 Å². The van der Waals surface area contributed by atoms with Gasteiger partial charge < -0.3 is 10.2 Å². The van der Waals surface area contributed by atoms with Crippen LogP contribution in [0.4, 0.5) is 14.5 Å². The van der Waals surface area contributed by atoms with Crippen molar-refractivity contribution in [2.75, 3.05) is 38.0 Å². The van der Waals surface area contributed by atoms with E-state index in [1.165, 1.54) is 4.90 Å². The Hall–Kier alpha value is -2.51. The van der Waals surface area contributed by atoms with E-state index in [1.54, 1.807) is 24.3 Å². The van der Waals surface area contributed by atoms with E-state index in [0.717, 1.165) is 18.2 Å². The number of nitrogens with one attached hydrogen (secondary N) is 1. The largest absolute Gasteiger partial charge is 0.336 e. The summed E-state index contributed by atoms with van der Waals surface area (Å²) in [6.45, 7) is 1.72. The summed E-state index contributed by atoms with van der Waals surface area (Å²) in [4.78, 5) is 27.9. The number of carbonyl (C=O) groups excluding carboxylic acids is 2. The molecular weight excluding hydrogens is 376 g/mol. The number of nitrogens with zero attached hydrogens (tertiary/aromatic N) is 2. The Bertz CT molecular complexity index is 855. The van der Waals surface area contributed by atoms with Crippen LogP contribution in [-0.4, -0.2) is 54.3 Å². The van der Waals surface area contributed by atoms with Gasteiger partial charge in [-0.25, -0.2) is 8.78 Å². The third kappa shape index (κ3) is 4.81. The summed E-state index contributed by atoms with van der Waals surface area (Å²) in [7, 11) is 0. The summed E-state index contributed by atoms with van der Waals surface area (Å²) in [6, 6.07) is 9.77. The van der Waals surface area contributed by atoms with E-state index in [-0.39, 0.29) is 18.0 Å². The van der Waals surface area contributed by atoms with E-state index in [4.69, 9.17) is 11.6 Å². The van der Waals surface area contributed by atoms with Gasteiger partial charge in [-0.1, -0.05) is 23.7 Å². The van der Waals surface area contributed by atoms with Gasteiger partial charge in [0.1, 0.15) is 11.6 Å². The molecule has 1 aliphatic rings. The number of hydrogen-bond acceptors (Lipinski definition) is 3. The summed E-state index contributed by atoms with van der Waals surface area (Å²) in [5.41, 5.74) is 0.263. The van der Waals surface area contributed by atoms with Crippen molar-refractivity contribution in [1.82, 2.24) is 9.80 Å². The van der Waals surface area contributed by atoms with E-state index < -0.39 is 17.5 Å². The Morgan fingerprint density at radius 3 is 2.44 bits per heavy atom. The highest BCUT2D eigenvalue weighted by Gasteiger charge is 2.25. The molecule has 0 bridgehead atoms. The van der Waals surface area contributed by atoms with Gasteiger partial charge in [0.05, 0.1) is 22.8 Å². The highest BCUT2D eigenvalue weighted by Crippen LogP contribution is 2.20. The van der Waals surface area contributed by atoms with Crippen molar-refractivity contribution in [1.29, 1.82) is 0 Å². The minimum absolute atomic E-state index is 0.154. The highest BCUT2D eigenvalue weighted by molar-refractivity contribution is 6.33. The standard InChI is InChI=1S/C19H18ClF2N3O2/c20-15-3-1-2-4-17(15)23-18(26)12-24-7-9-25(10-8-24)19(27)14-11-13(21)5-6-16(14)22/h1-6,11H,7-10,12H2,(H,23,26). The van der Waals surface area contributed by atoms with Crippen LogP contribution in [0.2, 0.25) is 5.02 Å². The van der Waals surface area contributed by atoms with Crippen molar-refractivity contribution >= 4 is 29.1 Å². The zero-order chi connectivity index (χ0) is 19.4. The molecule has 2 aromatic carbocycles. The summed E-state index contributed by atoms with van der Waals surface area (Å²) in [5.74, 6) is -2.16. The Kier molecular flexibility index (Phi) is 6.03. The fourth-order valence-electron chi connectivity index (χ4n) is 2.90. The van der Waals surface area contributed by atoms with Crippen LogP contribution in [0.15, 0.2) is 42.5 Å². The normalized spacial score (nSPS) is 14.9. The van der Waals surface area contributed by atoms with E-state index in [2.05, 4.69) is 5.32 Å². The topological polar surface area (TPSA) is 52.7 Å². The first-order valence-corrected chi connectivity index (χ1v) is 8.83. The van der Waals surface area contributed by atoms with Crippen molar-refractivity contribution in [2.45, 2.75) is 0 Å². The summed E-state index contributed by atoms with van der Waals surface area (Å²) in [6.07, 6.45) is 0. The maximum atomic E-state index is 13.8. The quantitative estimate of drug-likeness (QED) is 0.868. The van der Waals surface area contributed by atoms with Crippen molar-refractivity contribution in [2.24, 2.45) is 0 Å². The average Bonchev–Trinajstić information content (AvgIpc) is 2.65. The van der Waals surface area contributed by atoms with Crippen molar-refractivity contribution in [3.05, 3.63) is 64.7 Å². The van der Waals surface area contributed by atoms with Crippen LogP contribution < -0.4 is 5.32 Å². The second-order valence-corrected chi connectivity index (χ2v) is 6.63.